The van der Waals surface area contributed by atoms with E-state index in [0.717, 1.165) is 0 Å². The molecule has 29 heavy (non-hydrogen) atoms. The minimum absolute atomic E-state index is 0.0455. The van der Waals surface area contributed by atoms with Crippen molar-refractivity contribution in [3.8, 4) is 0 Å². The molecule has 0 saturated carbocycles. The van der Waals surface area contributed by atoms with Gasteiger partial charge >= 0.3 is 21.6 Å². The number of esters is 1. The number of nitrogens with zero attached hydrogens (tertiary/aromatic N) is 1. The van der Waals surface area contributed by atoms with E-state index in [9.17, 15) is 26.4 Å². The maximum Gasteiger partial charge on any atom is 0.523 e. The van der Waals surface area contributed by atoms with Gasteiger partial charge in [-0.15, -0.1) is 0 Å². The van der Waals surface area contributed by atoms with Gasteiger partial charge in [0.1, 0.15) is 5.60 Å². The molecule has 2 fully saturated rings. The predicted molar refractivity (Wildman–Crippen MR) is 93.0 cm³/mol. The monoisotopic (exact) mass is 443 g/mol. The molecular formula is C17H24F3NO7S. The molecule has 2 saturated heterocycles. The van der Waals surface area contributed by atoms with Crippen molar-refractivity contribution in [3.05, 3.63) is 11.4 Å². The zero-order valence-corrected chi connectivity index (χ0v) is 16.9. The van der Waals surface area contributed by atoms with Crippen LogP contribution in [0, 0.1) is 6.57 Å². The SMILES string of the molecule is [C-]#[N+][C@H](C)C[C@H]1CC[C@@H]2O[C@@H](CCC(=O)OC)C[C@]2(COS(=O)(=O)C(F)(F)F)O1. The topological polar surface area (TPSA) is 92.5 Å². The summed E-state index contributed by atoms with van der Waals surface area (Å²) < 4.78 is 81.5. The van der Waals surface area contributed by atoms with Crippen molar-refractivity contribution in [2.24, 2.45) is 0 Å². The summed E-state index contributed by atoms with van der Waals surface area (Å²) in [5.41, 5.74) is -6.95. The number of carbonyl (C=O) groups is 1. The van der Waals surface area contributed by atoms with Crippen LogP contribution < -0.4 is 0 Å². The maximum absolute atomic E-state index is 12.7. The molecule has 0 N–H and O–H groups in total. The summed E-state index contributed by atoms with van der Waals surface area (Å²) in [6.07, 6.45) is 0.0354. The van der Waals surface area contributed by atoms with Gasteiger partial charge in [0.05, 0.1) is 32.0 Å². The number of hydrogen-bond acceptors (Lipinski definition) is 7. The van der Waals surface area contributed by atoms with Crippen LogP contribution >= 0.6 is 0 Å². The first-order valence-electron chi connectivity index (χ1n) is 9.15. The first-order valence-corrected chi connectivity index (χ1v) is 10.6. The molecule has 0 spiro atoms. The van der Waals surface area contributed by atoms with Gasteiger partial charge < -0.3 is 19.1 Å². The molecule has 8 nitrogen and oxygen atoms in total. The molecule has 0 aromatic heterocycles. The van der Waals surface area contributed by atoms with Gasteiger partial charge in [-0.3, -0.25) is 8.98 Å². The van der Waals surface area contributed by atoms with E-state index >= 15 is 0 Å². The van der Waals surface area contributed by atoms with E-state index in [0.29, 0.717) is 19.3 Å². The molecule has 2 aliphatic heterocycles. The van der Waals surface area contributed by atoms with E-state index in [4.69, 9.17) is 16.0 Å². The average molecular weight is 443 g/mol. The first kappa shape index (κ1) is 23.9. The second-order valence-electron chi connectivity index (χ2n) is 7.32. The molecule has 0 aromatic rings. The fourth-order valence-electron chi connectivity index (χ4n) is 3.68. The van der Waals surface area contributed by atoms with Gasteiger partial charge in [-0.25, -0.2) is 6.57 Å². The van der Waals surface area contributed by atoms with Crippen molar-refractivity contribution in [1.82, 2.24) is 0 Å². The minimum Gasteiger partial charge on any atom is -0.469 e. The Hall–Kier alpha value is -1.42. The Morgan fingerprint density at radius 1 is 1.34 bits per heavy atom. The fraction of sp³-hybridized carbons (Fsp3) is 0.882. The van der Waals surface area contributed by atoms with Crippen LogP contribution in [0.2, 0.25) is 0 Å². The molecule has 166 valence electrons. The third kappa shape index (κ3) is 5.81. The van der Waals surface area contributed by atoms with Crippen LogP contribution in [-0.2, 0) is 33.3 Å². The van der Waals surface area contributed by atoms with E-state index in [1.54, 1.807) is 6.92 Å². The third-order valence-corrected chi connectivity index (χ3v) is 6.13. The lowest BCUT2D eigenvalue weighted by atomic mass is 9.85. The highest BCUT2D eigenvalue weighted by Gasteiger charge is 2.56. The molecule has 12 heteroatoms. The molecule has 2 heterocycles. The van der Waals surface area contributed by atoms with Crippen molar-refractivity contribution in [2.75, 3.05) is 13.7 Å². The summed E-state index contributed by atoms with van der Waals surface area (Å²) >= 11 is 0. The number of methoxy groups -OCH3 is 1. The Labute approximate surface area is 167 Å². The zero-order valence-electron chi connectivity index (χ0n) is 16.1. The molecule has 0 aliphatic carbocycles. The summed E-state index contributed by atoms with van der Waals surface area (Å²) in [4.78, 5) is 14.8. The number of halogens is 3. The highest BCUT2D eigenvalue weighted by molar-refractivity contribution is 7.87. The Balaban J connectivity index is 2.16. The van der Waals surface area contributed by atoms with Crippen molar-refractivity contribution in [3.63, 3.8) is 0 Å². The lowest BCUT2D eigenvalue weighted by Crippen LogP contribution is -2.52. The molecule has 0 radical (unpaired) electrons. The smallest absolute Gasteiger partial charge is 0.469 e. The van der Waals surface area contributed by atoms with Gasteiger partial charge in [-0.1, -0.05) is 0 Å². The van der Waals surface area contributed by atoms with Crippen molar-refractivity contribution < 1.29 is 44.8 Å². The van der Waals surface area contributed by atoms with Gasteiger partial charge in [0.2, 0.25) is 6.04 Å². The summed E-state index contributed by atoms with van der Waals surface area (Å²) in [6, 6.07) is -0.356. The number of carbonyl (C=O) groups excluding carboxylic acids is 1. The fourth-order valence-corrected chi connectivity index (χ4v) is 4.17. The number of ether oxygens (including phenoxy) is 3. The Bertz CT molecular complexity index is 736. The second kappa shape index (κ2) is 9.16. The first-order chi connectivity index (χ1) is 13.4. The van der Waals surface area contributed by atoms with Crippen molar-refractivity contribution in [2.45, 2.75) is 80.9 Å². The minimum atomic E-state index is -5.79. The predicted octanol–water partition coefficient (Wildman–Crippen LogP) is 2.58. The van der Waals surface area contributed by atoms with Crippen LogP contribution in [0.1, 0.15) is 45.4 Å². The van der Waals surface area contributed by atoms with Gasteiger partial charge in [0.15, 0.2) is 0 Å². The second-order valence-corrected chi connectivity index (χ2v) is 8.93. The Kier molecular flexibility index (Phi) is 7.53. The van der Waals surface area contributed by atoms with E-state index in [1.807, 2.05) is 0 Å². The molecular weight excluding hydrogens is 419 g/mol. The van der Waals surface area contributed by atoms with Crippen LogP contribution in [0.3, 0.4) is 0 Å². The highest BCUT2D eigenvalue weighted by Crippen LogP contribution is 2.44. The number of fused-ring (bicyclic) bond motifs is 1. The van der Waals surface area contributed by atoms with Crippen LogP contribution in [0.25, 0.3) is 4.85 Å². The van der Waals surface area contributed by atoms with Crippen LogP contribution in [0.5, 0.6) is 0 Å². The van der Waals surface area contributed by atoms with E-state index in [2.05, 4.69) is 13.8 Å². The molecule has 5 atom stereocenters. The summed E-state index contributed by atoms with van der Waals surface area (Å²) in [5, 5.41) is 0. The molecule has 2 rings (SSSR count). The normalized spacial score (nSPS) is 31.0. The van der Waals surface area contributed by atoms with Gasteiger partial charge in [0.25, 0.3) is 0 Å². The van der Waals surface area contributed by atoms with Crippen LogP contribution in [0.4, 0.5) is 13.2 Å². The molecule has 0 amide bonds. The number of hydrogen-bond donors (Lipinski definition) is 0. The number of rotatable bonds is 8. The maximum atomic E-state index is 12.7. The quantitative estimate of drug-likeness (QED) is 0.246. The summed E-state index contributed by atoms with van der Waals surface area (Å²) in [5.74, 6) is -0.460. The molecule has 0 unspecified atom stereocenters. The standard InChI is InChI=1S/C17H24F3NO7S/c1-11(21-2)8-12-4-6-14-16(28-12,10-26-29(23,24)17(18,19)20)9-13(27-14)5-7-15(22)25-3/h11-14H,4-10H2,1,3H3/t11-,12-,13+,14+,16-/m1/s1. The summed E-state index contributed by atoms with van der Waals surface area (Å²) in [7, 11) is -4.55. The number of alkyl halides is 3. The van der Waals surface area contributed by atoms with E-state index < -0.39 is 52.1 Å². The Morgan fingerprint density at radius 2 is 2.03 bits per heavy atom. The molecule has 2 aliphatic rings. The highest BCUT2D eigenvalue weighted by atomic mass is 32.2. The molecule has 0 aromatic carbocycles. The largest absolute Gasteiger partial charge is 0.523 e. The van der Waals surface area contributed by atoms with Crippen molar-refractivity contribution in [1.29, 1.82) is 0 Å². The summed E-state index contributed by atoms with van der Waals surface area (Å²) in [6.45, 7) is 7.92. The lowest BCUT2D eigenvalue weighted by Gasteiger charge is -2.41. The molecule has 0 bridgehead atoms. The van der Waals surface area contributed by atoms with Crippen LogP contribution in [0.15, 0.2) is 0 Å². The van der Waals surface area contributed by atoms with E-state index in [1.165, 1.54) is 7.11 Å². The van der Waals surface area contributed by atoms with Gasteiger partial charge in [0, 0.05) is 26.2 Å². The van der Waals surface area contributed by atoms with E-state index in [-0.39, 0.29) is 25.3 Å². The van der Waals surface area contributed by atoms with Gasteiger partial charge in [-0.2, -0.15) is 21.6 Å². The third-order valence-electron chi connectivity index (χ3n) is 5.13. The Morgan fingerprint density at radius 3 is 2.62 bits per heavy atom. The van der Waals surface area contributed by atoms with Crippen LogP contribution in [-0.4, -0.2) is 63.6 Å². The zero-order chi connectivity index (χ0) is 21.9. The van der Waals surface area contributed by atoms with Crippen molar-refractivity contribution >= 4 is 16.1 Å². The van der Waals surface area contributed by atoms with Gasteiger partial charge in [-0.05, 0) is 19.3 Å². The lowest BCUT2D eigenvalue weighted by molar-refractivity contribution is -0.181. The average Bonchev–Trinajstić information content (AvgIpc) is 3.01.